The Morgan fingerprint density at radius 3 is 2.38 bits per heavy atom. The Morgan fingerprint density at radius 1 is 1.19 bits per heavy atom. The molecule has 0 heterocycles. The van der Waals surface area contributed by atoms with Gasteiger partial charge in [0, 0.05) is 10.5 Å². The van der Waals surface area contributed by atoms with Gasteiger partial charge in [0.15, 0.2) is 0 Å². The van der Waals surface area contributed by atoms with Crippen LogP contribution in [0, 0.1) is 0 Å². The highest BCUT2D eigenvalue weighted by molar-refractivity contribution is 9.10. The van der Waals surface area contributed by atoms with Gasteiger partial charge in [0.05, 0.1) is 15.6 Å². The number of hydrogen-bond acceptors (Lipinski definition) is 3. The van der Waals surface area contributed by atoms with Gasteiger partial charge in [-0.3, -0.25) is 0 Å². The Morgan fingerprint density at radius 2 is 1.81 bits per heavy atom. The Balaban J connectivity index is 2.20. The van der Waals surface area contributed by atoms with Crippen LogP contribution in [0.25, 0.3) is 0 Å². The number of halogens is 2. The van der Waals surface area contributed by atoms with Crippen molar-refractivity contribution in [2.45, 2.75) is 17.9 Å². The third kappa shape index (κ3) is 4.20. The molecule has 2 rings (SSSR count). The van der Waals surface area contributed by atoms with E-state index in [0.717, 1.165) is 15.7 Å². The van der Waals surface area contributed by atoms with Crippen LogP contribution in [0.2, 0.25) is 5.02 Å². The van der Waals surface area contributed by atoms with Crippen molar-refractivity contribution in [3.05, 3.63) is 57.5 Å². The third-order valence-electron chi connectivity index (χ3n) is 3.01. The fourth-order valence-electron chi connectivity index (χ4n) is 1.87. The standard InChI is InChI=1S/C14H14BrClN2O2S/c1-9(18-14-8-11(15)4-7-13(14)16)10-2-5-12(6-3-10)21(17,19)20/h2-9,18H,1H3,(H2,17,19,20). The van der Waals surface area contributed by atoms with Crippen LogP contribution in [0.5, 0.6) is 0 Å². The monoisotopic (exact) mass is 388 g/mol. The molecule has 0 saturated heterocycles. The zero-order valence-corrected chi connectivity index (χ0v) is 14.3. The summed E-state index contributed by atoms with van der Waals surface area (Å²) in [4.78, 5) is 0.0962. The molecule has 0 aromatic heterocycles. The van der Waals surface area contributed by atoms with E-state index in [4.69, 9.17) is 16.7 Å². The van der Waals surface area contributed by atoms with Gasteiger partial charge in [0.25, 0.3) is 0 Å². The molecule has 0 spiro atoms. The molecule has 0 amide bonds. The number of sulfonamides is 1. The number of nitrogens with one attached hydrogen (secondary N) is 1. The molecular formula is C14H14BrClN2O2S. The smallest absolute Gasteiger partial charge is 0.238 e. The van der Waals surface area contributed by atoms with Gasteiger partial charge in [-0.2, -0.15) is 0 Å². The zero-order valence-electron chi connectivity index (χ0n) is 11.2. The SMILES string of the molecule is CC(Nc1cc(Br)ccc1Cl)c1ccc(S(N)(=O)=O)cc1. The average molecular weight is 390 g/mol. The van der Waals surface area contributed by atoms with E-state index in [0.29, 0.717) is 5.02 Å². The lowest BCUT2D eigenvalue weighted by Crippen LogP contribution is -2.12. The molecule has 0 fully saturated rings. The normalized spacial score (nSPS) is 13.0. The van der Waals surface area contributed by atoms with Crippen LogP contribution in [0.4, 0.5) is 5.69 Å². The summed E-state index contributed by atoms with van der Waals surface area (Å²) in [6.07, 6.45) is 0. The first-order chi connectivity index (χ1) is 9.77. The van der Waals surface area contributed by atoms with Gasteiger partial charge < -0.3 is 5.32 Å². The number of primary sulfonamides is 1. The highest BCUT2D eigenvalue weighted by Gasteiger charge is 2.11. The molecule has 0 radical (unpaired) electrons. The summed E-state index contributed by atoms with van der Waals surface area (Å²) < 4.78 is 23.4. The minimum Gasteiger partial charge on any atom is -0.377 e. The molecule has 0 aliphatic carbocycles. The van der Waals surface area contributed by atoms with E-state index in [1.807, 2.05) is 19.1 Å². The number of nitrogens with two attached hydrogens (primary N) is 1. The summed E-state index contributed by atoms with van der Waals surface area (Å²) in [6.45, 7) is 1.96. The fourth-order valence-corrected chi connectivity index (χ4v) is 2.92. The second kappa shape index (κ2) is 6.36. The molecule has 2 aromatic rings. The van der Waals surface area contributed by atoms with Gasteiger partial charge in [-0.25, -0.2) is 13.6 Å². The molecule has 0 bridgehead atoms. The average Bonchev–Trinajstić information content (AvgIpc) is 2.42. The van der Waals surface area contributed by atoms with Crippen molar-refractivity contribution in [3.63, 3.8) is 0 Å². The first-order valence-electron chi connectivity index (χ1n) is 6.12. The maximum Gasteiger partial charge on any atom is 0.238 e. The van der Waals surface area contributed by atoms with E-state index in [1.54, 1.807) is 18.2 Å². The summed E-state index contributed by atoms with van der Waals surface area (Å²) in [5.74, 6) is 0. The molecule has 1 unspecified atom stereocenters. The van der Waals surface area contributed by atoms with Gasteiger partial charge in [-0.15, -0.1) is 0 Å². The van der Waals surface area contributed by atoms with E-state index >= 15 is 0 Å². The molecular weight excluding hydrogens is 376 g/mol. The maximum atomic E-state index is 11.2. The topological polar surface area (TPSA) is 72.2 Å². The number of hydrogen-bond donors (Lipinski definition) is 2. The molecule has 0 aliphatic heterocycles. The molecule has 3 N–H and O–H groups in total. The maximum absolute atomic E-state index is 11.2. The molecule has 21 heavy (non-hydrogen) atoms. The van der Waals surface area contributed by atoms with Crippen LogP contribution in [-0.4, -0.2) is 8.42 Å². The molecule has 0 saturated carbocycles. The second-order valence-corrected chi connectivity index (χ2v) is 7.49. The lowest BCUT2D eigenvalue weighted by Gasteiger charge is -2.17. The lowest BCUT2D eigenvalue weighted by molar-refractivity contribution is 0.597. The predicted molar refractivity (Wildman–Crippen MR) is 89.0 cm³/mol. The summed E-state index contributed by atoms with van der Waals surface area (Å²) in [5, 5.41) is 8.98. The molecule has 4 nitrogen and oxygen atoms in total. The van der Waals surface area contributed by atoms with Crippen LogP contribution < -0.4 is 10.5 Å². The van der Waals surface area contributed by atoms with Crippen LogP contribution >= 0.6 is 27.5 Å². The Bertz CT molecular complexity index is 748. The number of anilines is 1. The predicted octanol–water partition coefficient (Wildman–Crippen LogP) is 3.92. The molecule has 7 heteroatoms. The highest BCUT2D eigenvalue weighted by atomic mass is 79.9. The van der Waals surface area contributed by atoms with Gasteiger partial charge in [-0.05, 0) is 42.8 Å². The van der Waals surface area contributed by atoms with E-state index in [-0.39, 0.29) is 10.9 Å². The van der Waals surface area contributed by atoms with Crippen LogP contribution in [-0.2, 0) is 10.0 Å². The summed E-state index contributed by atoms with van der Waals surface area (Å²) in [7, 11) is -3.66. The van der Waals surface area contributed by atoms with Crippen molar-refractivity contribution in [2.75, 3.05) is 5.32 Å². The minimum atomic E-state index is -3.66. The first kappa shape index (κ1) is 16.3. The summed E-state index contributed by atoms with van der Waals surface area (Å²) >= 11 is 9.53. The largest absolute Gasteiger partial charge is 0.377 e. The van der Waals surface area contributed by atoms with Crippen LogP contribution in [0.1, 0.15) is 18.5 Å². The second-order valence-electron chi connectivity index (χ2n) is 4.60. The van der Waals surface area contributed by atoms with E-state index in [1.165, 1.54) is 12.1 Å². The van der Waals surface area contributed by atoms with Crippen molar-refractivity contribution in [3.8, 4) is 0 Å². The third-order valence-corrected chi connectivity index (χ3v) is 4.76. The Hall–Kier alpha value is -1.08. The molecule has 112 valence electrons. The van der Waals surface area contributed by atoms with Crippen molar-refractivity contribution in [2.24, 2.45) is 5.14 Å². The van der Waals surface area contributed by atoms with Gasteiger partial charge in [0.1, 0.15) is 0 Å². The lowest BCUT2D eigenvalue weighted by atomic mass is 10.1. The zero-order chi connectivity index (χ0) is 15.6. The van der Waals surface area contributed by atoms with Gasteiger partial charge in [0.2, 0.25) is 10.0 Å². The van der Waals surface area contributed by atoms with E-state index in [2.05, 4.69) is 21.2 Å². The van der Waals surface area contributed by atoms with Gasteiger partial charge in [-0.1, -0.05) is 39.7 Å². The number of benzene rings is 2. The minimum absolute atomic E-state index is 0.0358. The quantitative estimate of drug-likeness (QED) is 0.832. The van der Waals surface area contributed by atoms with Crippen LogP contribution in [0.3, 0.4) is 0 Å². The summed E-state index contributed by atoms with van der Waals surface area (Å²) in [5.41, 5.74) is 1.73. The van der Waals surface area contributed by atoms with E-state index < -0.39 is 10.0 Å². The Kier molecular flexibility index (Phi) is 4.93. The van der Waals surface area contributed by atoms with Gasteiger partial charge >= 0.3 is 0 Å². The molecule has 1 atom stereocenters. The highest BCUT2D eigenvalue weighted by Crippen LogP contribution is 2.29. The molecule has 0 aliphatic rings. The first-order valence-corrected chi connectivity index (χ1v) is 8.83. The van der Waals surface area contributed by atoms with Crippen molar-refractivity contribution < 1.29 is 8.42 Å². The van der Waals surface area contributed by atoms with Crippen LogP contribution in [0.15, 0.2) is 51.8 Å². The van der Waals surface area contributed by atoms with Crippen molar-refractivity contribution in [1.29, 1.82) is 0 Å². The van der Waals surface area contributed by atoms with Crippen molar-refractivity contribution >= 4 is 43.2 Å². The summed E-state index contributed by atoms with van der Waals surface area (Å²) in [6, 6.07) is 11.9. The molecule has 2 aromatic carbocycles. The Labute approximate surface area is 137 Å². The van der Waals surface area contributed by atoms with Crippen molar-refractivity contribution in [1.82, 2.24) is 0 Å². The van der Waals surface area contributed by atoms with E-state index in [9.17, 15) is 8.42 Å². The fraction of sp³-hybridized carbons (Fsp3) is 0.143. The number of rotatable bonds is 4.